The highest BCUT2D eigenvalue weighted by Crippen LogP contribution is 2.32. The van der Waals surface area contributed by atoms with E-state index in [-0.39, 0.29) is 13.2 Å². The van der Waals surface area contributed by atoms with Crippen LogP contribution in [0.3, 0.4) is 0 Å². The van der Waals surface area contributed by atoms with E-state index in [1.165, 1.54) is 0 Å². The number of ether oxygens (including phenoxy) is 1. The minimum absolute atomic E-state index is 0.154. The molecule has 5 N–H and O–H groups in total. The van der Waals surface area contributed by atoms with Crippen molar-refractivity contribution >= 4 is 23.5 Å². The molecular weight excluding hydrogens is 378 g/mol. The Morgan fingerprint density at radius 3 is 2.30 bits per heavy atom. The first-order valence-corrected chi connectivity index (χ1v) is 8.86. The molecule has 8 nitrogen and oxygen atoms in total. The Balaban J connectivity index is 0.000000972. The van der Waals surface area contributed by atoms with Crippen LogP contribution in [0.2, 0.25) is 5.02 Å². The summed E-state index contributed by atoms with van der Waals surface area (Å²) in [4.78, 5) is 18.2. The van der Waals surface area contributed by atoms with Gasteiger partial charge in [-0.1, -0.05) is 25.4 Å². The van der Waals surface area contributed by atoms with E-state index in [0.717, 1.165) is 21.9 Å². The molecule has 0 saturated carbocycles. The van der Waals surface area contributed by atoms with Crippen molar-refractivity contribution in [3.63, 3.8) is 0 Å². The number of carbonyl (C=O) groups is 2. The minimum Gasteiger partial charge on any atom is -0.491 e. The molecule has 0 spiro atoms. The average Bonchev–Trinajstić information content (AvgIpc) is 2.59. The number of rotatable bonds is 9. The van der Waals surface area contributed by atoms with Crippen molar-refractivity contribution in [3.05, 3.63) is 28.3 Å². The molecule has 0 saturated heterocycles. The van der Waals surface area contributed by atoms with Crippen molar-refractivity contribution in [1.29, 1.82) is 0 Å². The maximum Gasteiger partial charge on any atom is 0.414 e. The monoisotopic (exact) mass is 405 g/mol. The maximum absolute atomic E-state index is 9.89. The number of aliphatic carboxylic acids is 2. The molecule has 1 atom stereocenters. The van der Waals surface area contributed by atoms with Crippen molar-refractivity contribution in [2.75, 3.05) is 26.3 Å². The summed E-state index contributed by atoms with van der Waals surface area (Å²) in [5.41, 5.74) is 2.01. The van der Waals surface area contributed by atoms with Gasteiger partial charge in [-0.2, -0.15) is 0 Å². The third kappa shape index (κ3) is 10.8. The number of benzene rings is 1. The molecule has 0 fully saturated rings. The molecule has 0 aliphatic rings. The van der Waals surface area contributed by atoms with E-state index >= 15 is 0 Å². The fourth-order valence-corrected chi connectivity index (χ4v) is 2.14. The van der Waals surface area contributed by atoms with Gasteiger partial charge >= 0.3 is 11.9 Å². The highest BCUT2D eigenvalue weighted by Gasteiger charge is 2.13. The number of nitrogens with one attached hydrogen (secondary N) is 1. The van der Waals surface area contributed by atoms with Gasteiger partial charge in [0.05, 0.1) is 0 Å². The molecule has 0 amide bonds. The van der Waals surface area contributed by atoms with Crippen LogP contribution in [0.4, 0.5) is 0 Å². The summed E-state index contributed by atoms with van der Waals surface area (Å²) in [5, 5.41) is 37.1. The van der Waals surface area contributed by atoms with Crippen molar-refractivity contribution in [2.24, 2.45) is 0 Å². The molecule has 0 radical (unpaired) electrons. The Morgan fingerprint density at radius 2 is 1.81 bits per heavy atom. The summed E-state index contributed by atoms with van der Waals surface area (Å²) >= 11 is 6.16. The van der Waals surface area contributed by atoms with Crippen LogP contribution in [0.1, 0.15) is 37.3 Å². The molecule has 1 unspecified atom stereocenters. The predicted octanol–water partition coefficient (Wildman–Crippen LogP) is 1.64. The van der Waals surface area contributed by atoms with Crippen LogP contribution >= 0.6 is 11.6 Å². The third-order valence-corrected chi connectivity index (χ3v) is 3.83. The lowest BCUT2D eigenvalue weighted by atomic mass is 10.0. The fraction of sp³-hybridized carbons (Fsp3) is 0.556. The lowest BCUT2D eigenvalue weighted by molar-refractivity contribution is -0.159. The number of aliphatic hydroxyl groups excluding tert-OH is 2. The Kier molecular flexibility index (Phi) is 12.4. The number of aliphatic hydroxyl groups is 2. The van der Waals surface area contributed by atoms with Crippen molar-refractivity contribution in [2.45, 2.75) is 39.2 Å². The van der Waals surface area contributed by atoms with Gasteiger partial charge in [-0.3, -0.25) is 0 Å². The van der Waals surface area contributed by atoms with Gasteiger partial charge in [0, 0.05) is 18.2 Å². The van der Waals surface area contributed by atoms with E-state index in [1.54, 1.807) is 0 Å². The summed E-state index contributed by atoms with van der Waals surface area (Å²) in [6.45, 7) is 7.62. The zero-order valence-electron chi connectivity index (χ0n) is 15.7. The first kappa shape index (κ1) is 25.1. The Bertz CT molecular complexity index is 596. The summed E-state index contributed by atoms with van der Waals surface area (Å²) in [6.07, 6.45) is 0.0984. The fourth-order valence-electron chi connectivity index (χ4n) is 1.96. The van der Waals surface area contributed by atoms with Gasteiger partial charge < -0.3 is 30.5 Å². The van der Waals surface area contributed by atoms with E-state index in [9.17, 15) is 5.11 Å². The quantitative estimate of drug-likeness (QED) is 0.309. The highest BCUT2D eigenvalue weighted by molar-refractivity contribution is 6.31. The summed E-state index contributed by atoms with van der Waals surface area (Å²) < 4.78 is 5.76. The van der Waals surface area contributed by atoms with Gasteiger partial charge in [0.2, 0.25) is 0 Å². The molecule has 0 aliphatic carbocycles. The van der Waals surface area contributed by atoms with E-state index in [4.69, 9.17) is 41.2 Å². The molecule has 0 aliphatic heterocycles. The molecule has 0 aromatic heterocycles. The molecule has 1 aromatic carbocycles. The molecule has 0 heterocycles. The Hall–Kier alpha value is -1.87. The van der Waals surface area contributed by atoms with Crippen molar-refractivity contribution in [1.82, 2.24) is 5.32 Å². The minimum atomic E-state index is -1.82. The molecular formula is C18H28ClNO7. The Labute approximate surface area is 163 Å². The zero-order valence-corrected chi connectivity index (χ0v) is 16.5. The van der Waals surface area contributed by atoms with Crippen LogP contribution in [0.5, 0.6) is 5.75 Å². The third-order valence-electron chi connectivity index (χ3n) is 3.42. The van der Waals surface area contributed by atoms with E-state index in [0.29, 0.717) is 25.4 Å². The van der Waals surface area contributed by atoms with Gasteiger partial charge in [0.1, 0.15) is 18.5 Å². The summed E-state index contributed by atoms with van der Waals surface area (Å²) in [5.74, 6) is -2.57. The average molecular weight is 406 g/mol. The van der Waals surface area contributed by atoms with Crippen LogP contribution in [0.25, 0.3) is 0 Å². The SMILES string of the molecule is Cc1cc(OCC(O)CNCCCO)c(C(C)C)cc1Cl.O=C(O)C(=O)O. The zero-order chi connectivity index (χ0) is 21.0. The van der Waals surface area contributed by atoms with E-state index in [2.05, 4.69) is 19.2 Å². The molecule has 27 heavy (non-hydrogen) atoms. The maximum atomic E-state index is 9.89. The van der Waals surface area contributed by atoms with Gasteiger partial charge in [-0.15, -0.1) is 0 Å². The predicted molar refractivity (Wildman–Crippen MR) is 102 cm³/mol. The van der Waals surface area contributed by atoms with E-state index < -0.39 is 18.0 Å². The molecule has 9 heteroatoms. The van der Waals surface area contributed by atoms with Crippen molar-refractivity contribution < 1.29 is 34.8 Å². The second-order valence-electron chi connectivity index (χ2n) is 6.15. The van der Waals surface area contributed by atoms with Crippen LogP contribution in [-0.4, -0.2) is 64.8 Å². The normalized spacial score (nSPS) is 11.5. The topological polar surface area (TPSA) is 136 Å². The number of aryl methyl sites for hydroxylation is 1. The van der Waals surface area contributed by atoms with Gasteiger partial charge in [0.25, 0.3) is 0 Å². The molecule has 1 rings (SSSR count). The molecule has 0 bridgehead atoms. The number of carboxylic acid groups (broad SMARTS) is 2. The smallest absolute Gasteiger partial charge is 0.414 e. The van der Waals surface area contributed by atoms with Crippen LogP contribution in [0.15, 0.2) is 12.1 Å². The summed E-state index contributed by atoms with van der Waals surface area (Å²) in [6, 6.07) is 3.85. The van der Waals surface area contributed by atoms with Crippen molar-refractivity contribution in [3.8, 4) is 5.75 Å². The van der Waals surface area contributed by atoms with Gasteiger partial charge in [0.15, 0.2) is 0 Å². The number of hydrogen-bond acceptors (Lipinski definition) is 6. The standard InChI is InChI=1S/C16H26ClNO3.C2H2O4/c1-11(2)14-8-15(17)12(3)7-16(14)21-10-13(20)9-18-5-4-6-19;3-1(4)2(5)6/h7-8,11,13,18-20H,4-6,9-10H2,1-3H3;(H,3,4)(H,5,6). The lowest BCUT2D eigenvalue weighted by Crippen LogP contribution is -2.32. The van der Waals surface area contributed by atoms with Crippen LogP contribution in [-0.2, 0) is 9.59 Å². The van der Waals surface area contributed by atoms with Crippen LogP contribution in [0, 0.1) is 6.92 Å². The largest absolute Gasteiger partial charge is 0.491 e. The second kappa shape index (κ2) is 13.3. The van der Waals surface area contributed by atoms with Gasteiger partial charge in [-0.05, 0) is 49.1 Å². The first-order valence-electron chi connectivity index (χ1n) is 8.48. The highest BCUT2D eigenvalue weighted by atomic mass is 35.5. The first-order chi connectivity index (χ1) is 12.6. The molecule has 154 valence electrons. The molecule has 1 aromatic rings. The number of hydrogen-bond donors (Lipinski definition) is 5. The van der Waals surface area contributed by atoms with Crippen LogP contribution < -0.4 is 10.1 Å². The number of carboxylic acids is 2. The van der Waals surface area contributed by atoms with Gasteiger partial charge in [-0.25, -0.2) is 9.59 Å². The Morgan fingerprint density at radius 1 is 1.22 bits per heavy atom. The second-order valence-corrected chi connectivity index (χ2v) is 6.56. The number of halogens is 1. The van der Waals surface area contributed by atoms with E-state index in [1.807, 2.05) is 19.1 Å². The summed E-state index contributed by atoms with van der Waals surface area (Å²) in [7, 11) is 0. The lowest BCUT2D eigenvalue weighted by Gasteiger charge is -2.18.